The maximum atomic E-state index is 12.9. The van der Waals surface area contributed by atoms with E-state index in [1.807, 2.05) is 12.1 Å². The van der Waals surface area contributed by atoms with Crippen LogP contribution in [0.2, 0.25) is 0 Å². The van der Waals surface area contributed by atoms with Gasteiger partial charge in [0.15, 0.2) is 11.5 Å². The standard InChI is InChI=1S/C16H15F2NO2/c1-2-11-3-5-12(6-4-11)10-19-13-7-8-14-15(9-13)21-16(17,18)20-14/h3-9,19H,2,10H2,1H3. The average Bonchev–Trinajstić information content (AvgIpc) is 2.78. The zero-order valence-electron chi connectivity index (χ0n) is 11.5. The lowest BCUT2D eigenvalue weighted by Gasteiger charge is -2.08. The summed E-state index contributed by atoms with van der Waals surface area (Å²) in [6.07, 6.45) is -2.57. The summed E-state index contributed by atoms with van der Waals surface area (Å²) in [5.41, 5.74) is 3.11. The van der Waals surface area contributed by atoms with Crippen LogP contribution in [0.15, 0.2) is 42.5 Å². The van der Waals surface area contributed by atoms with Gasteiger partial charge >= 0.3 is 6.29 Å². The van der Waals surface area contributed by atoms with Crippen molar-refractivity contribution in [1.82, 2.24) is 0 Å². The Morgan fingerprint density at radius 1 is 0.952 bits per heavy atom. The number of benzene rings is 2. The van der Waals surface area contributed by atoms with Gasteiger partial charge in [0.1, 0.15) is 0 Å². The smallest absolute Gasteiger partial charge is 0.395 e. The fraction of sp³-hybridized carbons (Fsp3) is 0.250. The van der Waals surface area contributed by atoms with Crippen molar-refractivity contribution in [2.45, 2.75) is 26.2 Å². The number of hydrogen-bond acceptors (Lipinski definition) is 3. The molecular weight excluding hydrogens is 276 g/mol. The molecule has 0 bridgehead atoms. The van der Waals surface area contributed by atoms with E-state index in [-0.39, 0.29) is 11.5 Å². The highest BCUT2D eigenvalue weighted by Gasteiger charge is 2.43. The first kappa shape index (κ1) is 13.7. The lowest BCUT2D eigenvalue weighted by molar-refractivity contribution is -0.286. The Bertz CT molecular complexity index is 641. The van der Waals surface area contributed by atoms with Gasteiger partial charge in [-0.15, -0.1) is 8.78 Å². The Hall–Kier alpha value is -2.30. The van der Waals surface area contributed by atoms with Crippen LogP contribution in [0.5, 0.6) is 11.5 Å². The molecule has 0 saturated carbocycles. The molecular formula is C16H15F2NO2. The van der Waals surface area contributed by atoms with Gasteiger partial charge < -0.3 is 14.8 Å². The summed E-state index contributed by atoms with van der Waals surface area (Å²) in [6, 6.07) is 12.9. The van der Waals surface area contributed by atoms with E-state index in [9.17, 15) is 8.78 Å². The second-order valence-corrected chi connectivity index (χ2v) is 4.85. The molecule has 21 heavy (non-hydrogen) atoms. The van der Waals surface area contributed by atoms with Crippen molar-refractivity contribution in [2.24, 2.45) is 0 Å². The van der Waals surface area contributed by atoms with Crippen molar-refractivity contribution >= 4 is 5.69 Å². The van der Waals surface area contributed by atoms with Gasteiger partial charge in [-0.05, 0) is 29.7 Å². The van der Waals surface area contributed by atoms with Gasteiger partial charge in [0.2, 0.25) is 0 Å². The van der Waals surface area contributed by atoms with Gasteiger partial charge in [0, 0.05) is 18.3 Å². The molecule has 0 aliphatic carbocycles. The topological polar surface area (TPSA) is 30.5 Å². The number of ether oxygens (including phenoxy) is 2. The normalized spacial score (nSPS) is 15.0. The predicted octanol–water partition coefficient (Wildman–Crippen LogP) is 4.18. The van der Waals surface area contributed by atoms with Crippen LogP contribution in [0.1, 0.15) is 18.1 Å². The third-order valence-corrected chi connectivity index (χ3v) is 3.33. The van der Waals surface area contributed by atoms with Crippen LogP contribution >= 0.6 is 0 Å². The van der Waals surface area contributed by atoms with Crippen molar-refractivity contribution < 1.29 is 18.3 Å². The van der Waals surface area contributed by atoms with Crippen molar-refractivity contribution in [3.63, 3.8) is 0 Å². The molecule has 0 saturated heterocycles. The molecule has 1 heterocycles. The summed E-state index contributed by atoms with van der Waals surface area (Å²) in [6.45, 7) is 2.72. The third-order valence-electron chi connectivity index (χ3n) is 3.33. The van der Waals surface area contributed by atoms with E-state index in [0.29, 0.717) is 12.2 Å². The summed E-state index contributed by atoms with van der Waals surface area (Å²) in [7, 11) is 0. The van der Waals surface area contributed by atoms with Crippen LogP contribution < -0.4 is 14.8 Å². The number of aryl methyl sites for hydroxylation is 1. The summed E-state index contributed by atoms with van der Waals surface area (Å²) in [5.74, 6) is 0.101. The summed E-state index contributed by atoms with van der Waals surface area (Å²) < 4.78 is 34.6. The Morgan fingerprint density at radius 3 is 2.33 bits per heavy atom. The molecule has 3 nitrogen and oxygen atoms in total. The molecule has 0 radical (unpaired) electrons. The second kappa shape index (κ2) is 5.24. The Morgan fingerprint density at radius 2 is 1.62 bits per heavy atom. The first-order chi connectivity index (χ1) is 10.1. The molecule has 110 valence electrons. The molecule has 0 amide bonds. The number of alkyl halides is 2. The Kier molecular flexibility index (Phi) is 3.41. The van der Waals surface area contributed by atoms with Crippen LogP contribution in [-0.2, 0) is 13.0 Å². The predicted molar refractivity (Wildman–Crippen MR) is 75.8 cm³/mol. The Labute approximate surface area is 121 Å². The van der Waals surface area contributed by atoms with Crippen LogP contribution in [0.3, 0.4) is 0 Å². The zero-order chi connectivity index (χ0) is 14.9. The minimum absolute atomic E-state index is 0.0475. The highest BCUT2D eigenvalue weighted by molar-refractivity contribution is 5.56. The van der Waals surface area contributed by atoms with Gasteiger partial charge in [-0.25, -0.2) is 0 Å². The number of rotatable bonds is 4. The molecule has 3 rings (SSSR count). The van der Waals surface area contributed by atoms with Gasteiger partial charge in [-0.1, -0.05) is 31.2 Å². The molecule has 2 aromatic carbocycles. The minimum atomic E-state index is -3.57. The number of fused-ring (bicyclic) bond motifs is 1. The van der Waals surface area contributed by atoms with Crippen LogP contribution in [0.25, 0.3) is 0 Å². The molecule has 0 aromatic heterocycles. The molecule has 1 N–H and O–H groups in total. The van der Waals surface area contributed by atoms with E-state index in [0.717, 1.165) is 12.0 Å². The largest absolute Gasteiger partial charge is 0.586 e. The molecule has 1 aliphatic heterocycles. The molecule has 0 spiro atoms. The summed E-state index contributed by atoms with van der Waals surface area (Å²) in [5, 5.41) is 3.18. The average molecular weight is 291 g/mol. The van der Waals surface area contributed by atoms with Gasteiger partial charge in [0.25, 0.3) is 0 Å². The van der Waals surface area contributed by atoms with Gasteiger partial charge in [-0.2, -0.15) is 0 Å². The van der Waals surface area contributed by atoms with E-state index in [1.54, 1.807) is 6.07 Å². The molecule has 1 aliphatic rings. The zero-order valence-corrected chi connectivity index (χ0v) is 11.5. The number of nitrogens with one attached hydrogen (secondary N) is 1. The van der Waals surface area contributed by atoms with Crippen LogP contribution in [0.4, 0.5) is 14.5 Å². The van der Waals surface area contributed by atoms with Crippen molar-refractivity contribution in [3.05, 3.63) is 53.6 Å². The molecule has 5 heteroatoms. The number of anilines is 1. The Balaban J connectivity index is 1.66. The fourth-order valence-electron chi connectivity index (χ4n) is 2.16. The van der Waals surface area contributed by atoms with Gasteiger partial charge in [-0.3, -0.25) is 0 Å². The molecule has 0 atom stereocenters. The molecule has 0 fully saturated rings. The van der Waals surface area contributed by atoms with E-state index < -0.39 is 6.29 Å². The first-order valence-corrected chi connectivity index (χ1v) is 6.77. The summed E-state index contributed by atoms with van der Waals surface area (Å²) in [4.78, 5) is 0. The molecule has 0 unspecified atom stereocenters. The van der Waals surface area contributed by atoms with E-state index in [1.165, 1.54) is 17.7 Å². The van der Waals surface area contributed by atoms with E-state index in [2.05, 4.69) is 33.8 Å². The SMILES string of the molecule is CCc1ccc(CNc2ccc3c(c2)OC(F)(F)O3)cc1. The van der Waals surface area contributed by atoms with Crippen LogP contribution in [-0.4, -0.2) is 6.29 Å². The number of hydrogen-bond donors (Lipinski definition) is 1. The maximum Gasteiger partial charge on any atom is 0.586 e. The van der Waals surface area contributed by atoms with Crippen molar-refractivity contribution in [3.8, 4) is 11.5 Å². The quantitative estimate of drug-likeness (QED) is 0.916. The highest BCUT2D eigenvalue weighted by atomic mass is 19.3. The van der Waals surface area contributed by atoms with E-state index >= 15 is 0 Å². The van der Waals surface area contributed by atoms with Crippen LogP contribution in [0, 0.1) is 0 Å². The highest BCUT2D eigenvalue weighted by Crippen LogP contribution is 2.42. The first-order valence-electron chi connectivity index (χ1n) is 6.77. The van der Waals surface area contributed by atoms with Crippen molar-refractivity contribution in [2.75, 3.05) is 5.32 Å². The van der Waals surface area contributed by atoms with E-state index in [4.69, 9.17) is 0 Å². The minimum Gasteiger partial charge on any atom is -0.395 e. The monoisotopic (exact) mass is 291 g/mol. The number of halogens is 2. The van der Waals surface area contributed by atoms with Crippen molar-refractivity contribution in [1.29, 1.82) is 0 Å². The lowest BCUT2D eigenvalue weighted by atomic mass is 10.1. The maximum absolute atomic E-state index is 12.9. The van der Waals surface area contributed by atoms with Gasteiger partial charge in [0.05, 0.1) is 0 Å². The summed E-state index contributed by atoms with van der Waals surface area (Å²) >= 11 is 0. The molecule has 2 aromatic rings. The second-order valence-electron chi connectivity index (χ2n) is 4.85. The third kappa shape index (κ3) is 3.07. The lowest BCUT2D eigenvalue weighted by Crippen LogP contribution is -2.25. The fourth-order valence-corrected chi connectivity index (χ4v) is 2.16.